The van der Waals surface area contributed by atoms with E-state index in [1.54, 1.807) is 24.2 Å². The third-order valence-corrected chi connectivity index (χ3v) is 8.66. The maximum atomic E-state index is 13.0. The summed E-state index contributed by atoms with van der Waals surface area (Å²) in [5, 5.41) is 18.6. The number of benzene rings is 1. The molecule has 39 heavy (non-hydrogen) atoms. The molecule has 0 spiro atoms. The van der Waals surface area contributed by atoms with Gasteiger partial charge in [0.15, 0.2) is 15.5 Å². The smallest absolute Gasteiger partial charge is 0.180 e. The molecule has 0 saturated heterocycles. The molecule has 1 aliphatic rings. The lowest BCUT2D eigenvalue weighted by Crippen LogP contribution is -2.39. The van der Waals surface area contributed by atoms with Crippen LogP contribution >= 0.6 is 0 Å². The van der Waals surface area contributed by atoms with Crippen LogP contribution in [0.3, 0.4) is 0 Å². The molecule has 3 N–H and O–H groups in total. The highest BCUT2D eigenvalue weighted by Gasteiger charge is 2.39. The number of nitrogen functional groups attached to an aromatic ring is 1. The van der Waals surface area contributed by atoms with Crippen LogP contribution in [0.5, 0.6) is 0 Å². The SMILES string of the molecule is COCCO[C@]1(CCO)CC[C@H](c2nc3c(-c4cnn(-c5ccccc5)c4)cnn3c(N)c2S(C)(=O)=O)CC1. The average Bonchev–Trinajstić information content (AvgIpc) is 3.57. The molecular weight excluding hydrogens is 520 g/mol. The van der Waals surface area contributed by atoms with Crippen LogP contribution in [-0.4, -0.2) is 76.7 Å². The Morgan fingerprint density at radius 1 is 1.13 bits per heavy atom. The number of para-hydroxylation sites is 1. The second kappa shape index (κ2) is 11.0. The van der Waals surface area contributed by atoms with Gasteiger partial charge in [-0.25, -0.2) is 18.1 Å². The van der Waals surface area contributed by atoms with E-state index in [1.165, 1.54) is 4.52 Å². The summed E-state index contributed by atoms with van der Waals surface area (Å²) in [6.07, 6.45) is 9.52. The van der Waals surface area contributed by atoms with Gasteiger partial charge in [0.05, 0.1) is 42.6 Å². The largest absolute Gasteiger partial charge is 0.396 e. The Morgan fingerprint density at radius 2 is 1.87 bits per heavy atom. The number of aromatic nitrogens is 5. The minimum atomic E-state index is -3.70. The van der Waals surface area contributed by atoms with Gasteiger partial charge in [-0.05, 0) is 44.2 Å². The van der Waals surface area contributed by atoms with Crippen molar-refractivity contribution < 1.29 is 23.0 Å². The average molecular weight is 555 g/mol. The zero-order chi connectivity index (χ0) is 27.6. The standard InChI is InChI=1S/C27H34N6O5S/c1-37-14-15-38-27(12-13-34)10-8-19(9-11-27)23-24(39(2,35)36)25(28)33-26(31-23)22(17-30-33)20-16-29-32(18-20)21-6-4-3-5-7-21/h3-7,16-19,34H,8-15,28H2,1-2H3/t19-,27+. The maximum absolute atomic E-state index is 13.0. The van der Waals surface area contributed by atoms with E-state index >= 15 is 0 Å². The second-order valence-electron chi connectivity index (χ2n) is 10.1. The highest BCUT2D eigenvalue weighted by molar-refractivity contribution is 7.91. The molecule has 0 radical (unpaired) electrons. The predicted molar refractivity (Wildman–Crippen MR) is 147 cm³/mol. The van der Waals surface area contributed by atoms with E-state index in [4.69, 9.17) is 20.2 Å². The minimum Gasteiger partial charge on any atom is -0.396 e. The summed E-state index contributed by atoms with van der Waals surface area (Å²) in [5.74, 6) is -0.0996. The van der Waals surface area contributed by atoms with Crippen molar-refractivity contribution in [3.8, 4) is 16.8 Å². The van der Waals surface area contributed by atoms with Crippen molar-refractivity contribution in [1.29, 1.82) is 0 Å². The van der Waals surface area contributed by atoms with Gasteiger partial charge in [0.1, 0.15) is 10.7 Å². The second-order valence-corrected chi connectivity index (χ2v) is 12.0. The highest BCUT2D eigenvalue weighted by Crippen LogP contribution is 2.44. The van der Waals surface area contributed by atoms with Crippen LogP contribution in [0.15, 0.2) is 53.8 Å². The number of hydrogen-bond acceptors (Lipinski definition) is 9. The maximum Gasteiger partial charge on any atom is 0.180 e. The highest BCUT2D eigenvalue weighted by atomic mass is 32.2. The Bertz CT molecular complexity index is 1540. The van der Waals surface area contributed by atoms with Gasteiger partial charge in [-0.2, -0.15) is 14.7 Å². The number of hydrogen-bond donors (Lipinski definition) is 2. The molecule has 0 bridgehead atoms. The fourth-order valence-electron chi connectivity index (χ4n) is 5.49. The normalized spacial score (nSPS) is 20.0. The number of nitrogens with zero attached hydrogens (tertiary/aromatic N) is 5. The lowest BCUT2D eigenvalue weighted by Gasteiger charge is -2.40. The molecule has 0 amide bonds. The molecule has 208 valence electrons. The molecule has 1 fully saturated rings. The van der Waals surface area contributed by atoms with Crippen molar-refractivity contribution in [3.05, 3.63) is 54.6 Å². The molecular formula is C27H34N6O5S. The number of aliphatic hydroxyl groups is 1. The Balaban J connectivity index is 1.53. The first-order chi connectivity index (χ1) is 18.8. The first-order valence-corrected chi connectivity index (χ1v) is 14.9. The molecule has 1 saturated carbocycles. The van der Waals surface area contributed by atoms with E-state index in [0.717, 1.165) is 17.5 Å². The van der Waals surface area contributed by atoms with E-state index in [1.807, 2.05) is 36.5 Å². The molecule has 1 aromatic carbocycles. The Labute approximate surface area is 227 Å². The van der Waals surface area contributed by atoms with Crippen LogP contribution in [-0.2, 0) is 19.3 Å². The number of nitrogens with two attached hydrogens (primary N) is 1. The number of aliphatic hydroxyl groups excluding tert-OH is 1. The number of ether oxygens (including phenoxy) is 2. The summed E-state index contributed by atoms with van der Waals surface area (Å²) in [7, 11) is -2.08. The van der Waals surface area contributed by atoms with Gasteiger partial charge in [0, 0.05) is 43.2 Å². The van der Waals surface area contributed by atoms with E-state index in [2.05, 4.69) is 10.2 Å². The summed E-state index contributed by atoms with van der Waals surface area (Å²) in [4.78, 5) is 4.93. The van der Waals surface area contributed by atoms with Crippen LogP contribution in [0.1, 0.15) is 43.7 Å². The Hall–Kier alpha value is -3.32. The van der Waals surface area contributed by atoms with Gasteiger partial charge in [-0.3, -0.25) is 0 Å². The monoisotopic (exact) mass is 554 g/mol. The minimum absolute atomic E-state index is 0.0131. The van der Waals surface area contributed by atoms with Crippen molar-refractivity contribution in [2.45, 2.75) is 48.5 Å². The number of fused-ring (bicyclic) bond motifs is 1. The fourth-order valence-corrected chi connectivity index (χ4v) is 6.55. The van der Waals surface area contributed by atoms with E-state index in [0.29, 0.717) is 62.2 Å². The Morgan fingerprint density at radius 3 is 2.54 bits per heavy atom. The Kier molecular flexibility index (Phi) is 7.72. The number of sulfone groups is 1. The topological polar surface area (TPSA) is 147 Å². The van der Waals surface area contributed by atoms with Gasteiger partial charge in [0.2, 0.25) is 0 Å². The zero-order valence-corrected chi connectivity index (χ0v) is 23.0. The predicted octanol–water partition coefficient (Wildman–Crippen LogP) is 3.01. The summed E-state index contributed by atoms with van der Waals surface area (Å²) >= 11 is 0. The number of methoxy groups -OCH3 is 1. The quantitative estimate of drug-likeness (QED) is 0.282. The lowest BCUT2D eigenvalue weighted by atomic mass is 9.76. The van der Waals surface area contributed by atoms with Crippen LogP contribution in [0, 0.1) is 0 Å². The molecule has 1 aliphatic carbocycles. The van der Waals surface area contributed by atoms with Crippen molar-refractivity contribution in [3.63, 3.8) is 0 Å². The van der Waals surface area contributed by atoms with Gasteiger partial charge < -0.3 is 20.3 Å². The van der Waals surface area contributed by atoms with Gasteiger partial charge >= 0.3 is 0 Å². The van der Waals surface area contributed by atoms with Crippen molar-refractivity contribution in [1.82, 2.24) is 24.4 Å². The van der Waals surface area contributed by atoms with Crippen molar-refractivity contribution in [2.24, 2.45) is 0 Å². The molecule has 4 aromatic rings. The van der Waals surface area contributed by atoms with Gasteiger partial charge in [-0.1, -0.05) is 18.2 Å². The van der Waals surface area contributed by atoms with Gasteiger partial charge in [-0.15, -0.1) is 0 Å². The zero-order valence-electron chi connectivity index (χ0n) is 22.2. The van der Waals surface area contributed by atoms with Crippen LogP contribution in [0.4, 0.5) is 5.82 Å². The van der Waals surface area contributed by atoms with E-state index < -0.39 is 15.4 Å². The summed E-state index contributed by atoms with van der Waals surface area (Å²) in [5.41, 5.74) is 9.33. The summed E-state index contributed by atoms with van der Waals surface area (Å²) in [6.45, 7) is 0.913. The van der Waals surface area contributed by atoms with E-state index in [9.17, 15) is 13.5 Å². The first kappa shape index (κ1) is 27.3. The van der Waals surface area contributed by atoms with E-state index in [-0.39, 0.29) is 23.2 Å². The fraction of sp³-hybridized carbons (Fsp3) is 0.444. The molecule has 0 aliphatic heterocycles. The molecule has 0 atom stereocenters. The molecule has 11 nitrogen and oxygen atoms in total. The third kappa shape index (κ3) is 5.42. The van der Waals surface area contributed by atoms with Crippen LogP contribution < -0.4 is 5.73 Å². The summed E-state index contributed by atoms with van der Waals surface area (Å²) < 4.78 is 40.4. The van der Waals surface area contributed by atoms with Crippen LogP contribution in [0.25, 0.3) is 22.5 Å². The summed E-state index contributed by atoms with van der Waals surface area (Å²) in [6, 6.07) is 9.74. The molecule has 3 aromatic heterocycles. The first-order valence-electron chi connectivity index (χ1n) is 13.0. The molecule has 0 unspecified atom stereocenters. The third-order valence-electron chi connectivity index (χ3n) is 7.50. The van der Waals surface area contributed by atoms with Crippen molar-refractivity contribution in [2.75, 3.05) is 38.9 Å². The van der Waals surface area contributed by atoms with Crippen LogP contribution in [0.2, 0.25) is 0 Å². The molecule has 5 rings (SSSR count). The van der Waals surface area contributed by atoms with Gasteiger partial charge in [0.25, 0.3) is 0 Å². The molecule has 3 heterocycles. The number of rotatable bonds is 10. The molecule has 12 heteroatoms. The number of anilines is 1. The van der Waals surface area contributed by atoms with Crippen molar-refractivity contribution >= 4 is 21.3 Å². The lowest BCUT2D eigenvalue weighted by molar-refractivity contribution is -0.0976.